The molecule has 2 aromatic carbocycles. The Morgan fingerprint density at radius 2 is 1.96 bits per heavy atom. The van der Waals surface area contributed by atoms with Gasteiger partial charge in [-0.2, -0.15) is 0 Å². The Hall–Kier alpha value is -2.25. The molecule has 1 saturated heterocycles. The second kappa shape index (κ2) is 8.19. The van der Waals surface area contributed by atoms with Crippen molar-refractivity contribution in [1.29, 1.82) is 0 Å². The van der Waals surface area contributed by atoms with Gasteiger partial charge in [-0.1, -0.05) is 31.2 Å². The minimum Gasteiger partial charge on any atom is -0.333 e. The molecule has 27 heavy (non-hydrogen) atoms. The van der Waals surface area contributed by atoms with E-state index in [9.17, 15) is 17.6 Å². The van der Waals surface area contributed by atoms with Crippen LogP contribution in [0.2, 0.25) is 0 Å². The molecule has 0 radical (unpaired) electrons. The third-order valence-electron chi connectivity index (χ3n) is 4.82. The molecule has 1 fully saturated rings. The summed E-state index contributed by atoms with van der Waals surface area (Å²) in [5.74, 6) is -0.337. The van der Waals surface area contributed by atoms with Crippen LogP contribution in [0.1, 0.15) is 24.1 Å². The predicted octanol–water partition coefficient (Wildman–Crippen LogP) is 2.33. The van der Waals surface area contributed by atoms with Gasteiger partial charge in [0.25, 0.3) is 0 Å². The zero-order valence-electron chi connectivity index (χ0n) is 15.2. The lowest BCUT2D eigenvalue weighted by Gasteiger charge is -2.36. The second-order valence-corrected chi connectivity index (χ2v) is 8.86. The Morgan fingerprint density at radius 3 is 2.63 bits per heavy atom. The Morgan fingerprint density at radius 1 is 1.22 bits per heavy atom. The van der Waals surface area contributed by atoms with Crippen LogP contribution in [0, 0.1) is 5.82 Å². The van der Waals surface area contributed by atoms with E-state index in [1.165, 1.54) is 12.1 Å². The normalized spacial score (nSPS) is 17.7. The van der Waals surface area contributed by atoms with Crippen molar-refractivity contribution in [2.75, 3.05) is 25.4 Å². The maximum absolute atomic E-state index is 13.6. The number of nitrogens with zero attached hydrogens (tertiary/aromatic N) is 1. The van der Waals surface area contributed by atoms with E-state index in [4.69, 9.17) is 0 Å². The summed E-state index contributed by atoms with van der Waals surface area (Å²) >= 11 is 0. The average molecular weight is 390 g/mol. The predicted molar refractivity (Wildman–Crippen MR) is 102 cm³/mol. The molecule has 1 aliphatic heterocycles. The summed E-state index contributed by atoms with van der Waals surface area (Å²) in [6.45, 7) is 3.40. The number of sulfone groups is 1. The molecule has 1 unspecified atom stereocenters. The largest absolute Gasteiger partial charge is 0.333 e. The molecule has 1 atom stereocenters. The van der Waals surface area contributed by atoms with Crippen molar-refractivity contribution in [3.05, 3.63) is 65.5 Å². The summed E-state index contributed by atoms with van der Waals surface area (Å²) in [5, 5.41) is 3.25. The maximum atomic E-state index is 13.6. The van der Waals surface area contributed by atoms with E-state index in [1.807, 2.05) is 6.07 Å². The zero-order chi connectivity index (χ0) is 19.4. The van der Waals surface area contributed by atoms with Gasteiger partial charge >= 0.3 is 0 Å². The fourth-order valence-corrected chi connectivity index (χ4v) is 4.16. The SMILES string of the molecule is CCS(=O)(=O)c1ccc(CC(=O)N2CCNCC2c2cccc(F)c2)cc1. The quantitative estimate of drug-likeness (QED) is 0.851. The summed E-state index contributed by atoms with van der Waals surface area (Å²) in [6, 6.07) is 12.5. The van der Waals surface area contributed by atoms with E-state index in [-0.39, 0.29) is 34.8 Å². The van der Waals surface area contributed by atoms with E-state index in [1.54, 1.807) is 42.2 Å². The van der Waals surface area contributed by atoms with Gasteiger partial charge in [0.1, 0.15) is 5.82 Å². The highest BCUT2D eigenvalue weighted by molar-refractivity contribution is 7.91. The van der Waals surface area contributed by atoms with Gasteiger partial charge in [-0.25, -0.2) is 12.8 Å². The molecular formula is C20H23FN2O3S. The Kier molecular flexibility index (Phi) is 5.92. The number of nitrogens with one attached hydrogen (secondary N) is 1. The number of piperazine rings is 1. The lowest BCUT2D eigenvalue weighted by Crippen LogP contribution is -2.49. The number of carbonyl (C=O) groups is 1. The van der Waals surface area contributed by atoms with Gasteiger partial charge in [-0.05, 0) is 35.4 Å². The van der Waals surface area contributed by atoms with Crippen LogP contribution in [0.25, 0.3) is 0 Å². The van der Waals surface area contributed by atoms with E-state index in [0.29, 0.717) is 19.6 Å². The highest BCUT2D eigenvalue weighted by Gasteiger charge is 2.28. The highest BCUT2D eigenvalue weighted by atomic mass is 32.2. The van der Waals surface area contributed by atoms with Crippen molar-refractivity contribution >= 4 is 15.7 Å². The van der Waals surface area contributed by atoms with Gasteiger partial charge in [0.15, 0.2) is 9.84 Å². The van der Waals surface area contributed by atoms with E-state index >= 15 is 0 Å². The van der Waals surface area contributed by atoms with Crippen molar-refractivity contribution in [3.8, 4) is 0 Å². The molecule has 1 aliphatic rings. The minimum absolute atomic E-state index is 0.0430. The van der Waals surface area contributed by atoms with Crippen LogP contribution in [-0.4, -0.2) is 44.6 Å². The molecule has 0 bridgehead atoms. The van der Waals surface area contributed by atoms with Crippen molar-refractivity contribution in [3.63, 3.8) is 0 Å². The lowest BCUT2D eigenvalue weighted by molar-refractivity contribution is -0.133. The first-order valence-electron chi connectivity index (χ1n) is 8.98. The topological polar surface area (TPSA) is 66.5 Å². The molecule has 144 valence electrons. The average Bonchev–Trinajstić information content (AvgIpc) is 2.68. The Bertz CT molecular complexity index is 913. The summed E-state index contributed by atoms with van der Waals surface area (Å²) < 4.78 is 37.4. The number of hydrogen-bond acceptors (Lipinski definition) is 4. The van der Waals surface area contributed by atoms with Crippen LogP contribution in [0.3, 0.4) is 0 Å². The fraction of sp³-hybridized carbons (Fsp3) is 0.350. The molecule has 7 heteroatoms. The van der Waals surface area contributed by atoms with Crippen LogP contribution >= 0.6 is 0 Å². The number of hydrogen-bond donors (Lipinski definition) is 1. The van der Waals surface area contributed by atoms with Crippen LogP contribution < -0.4 is 5.32 Å². The summed E-state index contributed by atoms with van der Waals surface area (Å²) in [6.07, 6.45) is 0.179. The summed E-state index contributed by atoms with van der Waals surface area (Å²) in [7, 11) is -3.25. The van der Waals surface area contributed by atoms with Crippen LogP contribution in [0.4, 0.5) is 4.39 Å². The van der Waals surface area contributed by atoms with Gasteiger partial charge in [0.05, 0.1) is 23.1 Å². The van der Waals surface area contributed by atoms with Crippen LogP contribution in [-0.2, 0) is 21.1 Å². The van der Waals surface area contributed by atoms with E-state index in [2.05, 4.69) is 5.32 Å². The third kappa shape index (κ3) is 4.54. The Labute approximate surface area is 159 Å². The molecule has 0 aliphatic carbocycles. The molecule has 1 amide bonds. The number of benzene rings is 2. The van der Waals surface area contributed by atoms with Crippen LogP contribution in [0.5, 0.6) is 0 Å². The molecule has 5 nitrogen and oxygen atoms in total. The smallest absolute Gasteiger partial charge is 0.227 e. The maximum Gasteiger partial charge on any atom is 0.227 e. The van der Waals surface area contributed by atoms with Crippen molar-refractivity contribution in [1.82, 2.24) is 10.2 Å². The molecule has 1 heterocycles. The number of amides is 1. The molecule has 0 spiro atoms. The zero-order valence-corrected chi connectivity index (χ0v) is 16.0. The minimum atomic E-state index is -3.25. The van der Waals surface area contributed by atoms with Gasteiger partial charge in [0.2, 0.25) is 5.91 Å². The standard InChI is InChI=1S/C20H23FN2O3S/c1-2-27(25,26)18-8-6-15(7-9-18)12-20(24)23-11-10-22-14-19(23)16-4-3-5-17(21)13-16/h3-9,13,19,22H,2,10-12,14H2,1H3. The highest BCUT2D eigenvalue weighted by Crippen LogP contribution is 2.24. The van der Waals surface area contributed by atoms with Gasteiger partial charge in [0, 0.05) is 19.6 Å². The van der Waals surface area contributed by atoms with Crippen molar-refractivity contribution in [2.45, 2.75) is 24.3 Å². The number of carbonyl (C=O) groups excluding carboxylic acids is 1. The number of rotatable bonds is 5. The fourth-order valence-electron chi connectivity index (χ4n) is 3.27. The van der Waals surface area contributed by atoms with Gasteiger partial charge in [-0.3, -0.25) is 4.79 Å². The monoisotopic (exact) mass is 390 g/mol. The first-order chi connectivity index (χ1) is 12.9. The lowest BCUT2D eigenvalue weighted by atomic mass is 10.0. The van der Waals surface area contributed by atoms with Crippen LogP contribution in [0.15, 0.2) is 53.4 Å². The summed E-state index contributed by atoms with van der Waals surface area (Å²) in [4.78, 5) is 14.9. The Balaban J connectivity index is 1.75. The third-order valence-corrected chi connectivity index (χ3v) is 6.57. The summed E-state index contributed by atoms with van der Waals surface area (Å²) in [5.41, 5.74) is 1.52. The first-order valence-corrected chi connectivity index (χ1v) is 10.6. The number of halogens is 1. The van der Waals surface area contributed by atoms with Gasteiger partial charge in [-0.15, -0.1) is 0 Å². The molecule has 1 N–H and O–H groups in total. The first kappa shape index (κ1) is 19.5. The van der Waals surface area contributed by atoms with Crippen molar-refractivity contribution < 1.29 is 17.6 Å². The van der Waals surface area contributed by atoms with E-state index < -0.39 is 9.84 Å². The van der Waals surface area contributed by atoms with E-state index in [0.717, 1.165) is 11.1 Å². The molecular weight excluding hydrogens is 367 g/mol. The molecule has 3 rings (SSSR count). The molecule has 0 aromatic heterocycles. The van der Waals surface area contributed by atoms with Crippen molar-refractivity contribution in [2.24, 2.45) is 0 Å². The van der Waals surface area contributed by atoms with Gasteiger partial charge < -0.3 is 10.2 Å². The molecule has 2 aromatic rings. The molecule has 0 saturated carbocycles. The second-order valence-electron chi connectivity index (χ2n) is 6.59.